The minimum Gasteiger partial charge on any atom is -0.508 e. The van der Waals surface area contributed by atoms with E-state index in [-0.39, 0.29) is 29.7 Å². The third-order valence-corrected chi connectivity index (χ3v) is 9.13. The number of aryl methyl sites for hydroxylation is 1. The molecule has 204 valence electrons. The zero-order chi connectivity index (χ0) is 26.2. The molecule has 1 aromatic heterocycles. The number of benzene rings is 1. The van der Waals surface area contributed by atoms with Crippen molar-refractivity contribution in [3.8, 4) is 5.75 Å². The van der Waals surface area contributed by atoms with Crippen LogP contribution in [0.4, 0.5) is 4.39 Å². The Kier molecular flexibility index (Phi) is 7.24. The monoisotopic (exact) mass is 522 g/mol. The van der Waals surface area contributed by atoms with Crippen LogP contribution in [0.2, 0.25) is 0 Å². The van der Waals surface area contributed by atoms with Crippen LogP contribution in [0.5, 0.6) is 5.75 Å². The molecule has 38 heavy (non-hydrogen) atoms. The Bertz CT molecular complexity index is 1200. The fourth-order valence-corrected chi connectivity index (χ4v) is 6.93. The highest BCUT2D eigenvalue weighted by molar-refractivity contribution is 5.78. The molecule has 1 aromatic carbocycles. The summed E-state index contributed by atoms with van der Waals surface area (Å²) in [4.78, 5) is 24.5. The molecule has 3 fully saturated rings. The van der Waals surface area contributed by atoms with Gasteiger partial charge in [0.05, 0.1) is 24.0 Å². The molecular formula is C29H39FN6O2. The first-order valence-corrected chi connectivity index (χ1v) is 14.2. The van der Waals surface area contributed by atoms with Crippen LogP contribution >= 0.6 is 0 Å². The van der Waals surface area contributed by atoms with Crippen molar-refractivity contribution in [1.29, 1.82) is 0 Å². The topological polar surface area (TPSA) is 96.5 Å². The van der Waals surface area contributed by atoms with Gasteiger partial charge >= 0.3 is 0 Å². The molecule has 0 spiro atoms. The predicted molar refractivity (Wildman–Crippen MR) is 144 cm³/mol. The second-order valence-electron chi connectivity index (χ2n) is 11.3. The molecular weight excluding hydrogens is 483 g/mol. The average molecular weight is 523 g/mol. The van der Waals surface area contributed by atoms with Crippen molar-refractivity contribution >= 4 is 11.5 Å². The summed E-state index contributed by atoms with van der Waals surface area (Å²) >= 11 is 0. The van der Waals surface area contributed by atoms with Crippen LogP contribution in [0.1, 0.15) is 73.6 Å². The van der Waals surface area contributed by atoms with E-state index in [0.717, 1.165) is 87.5 Å². The van der Waals surface area contributed by atoms with E-state index in [1.54, 1.807) is 12.1 Å². The number of aromatic amines is 1. The van der Waals surface area contributed by atoms with Gasteiger partial charge in [-0.05, 0) is 60.9 Å². The molecule has 4 aliphatic rings. The molecule has 4 N–H and O–H groups in total. The fourth-order valence-electron chi connectivity index (χ4n) is 6.93. The largest absolute Gasteiger partial charge is 0.508 e. The lowest BCUT2D eigenvalue weighted by Crippen LogP contribution is -2.45. The second-order valence-corrected chi connectivity index (χ2v) is 11.3. The number of hydrogen-bond donors (Lipinski definition) is 4. The van der Waals surface area contributed by atoms with Gasteiger partial charge < -0.3 is 15.0 Å². The minimum absolute atomic E-state index is 0.0582. The lowest BCUT2D eigenvalue weighted by molar-refractivity contribution is -0.127. The maximum atomic E-state index is 15.9. The number of carbonyl (C=O) groups excluding carboxylic acids is 1. The molecule has 9 heteroatoms. The normalized spacial score (nSPS) is 30.1. The van der Waals surface area contributed by atoms with Crippen LogP contribution in [0.15, 0.2) is 30.5 Å². The number of H-pyrrole nitrogens is 1. The van der Waals surface area contributed by atoms with Gasteiger partial charge in [0.25, 0.3) is 0 Å². The zero-order valence-corrected chi connectivity index (χ0v) is 22.1. The summed E-state index contributed by atoms with van der Waals surface area (Å²) in [5.41, 5.74) is 11.0. The van der Waals surface area contributed by atoms with Crippen molar-refractivity contribution in [2.45, 2.75) is 69.6 Å². The van der Waals surface area contributed by atoms with Gasteiger partial charge in [-0.2, -0.15) is 0 Å². The zero-order valence-electron chi connectivity index (χ0n) is 22.1. The second kappa shape index (κ2) is 10.8. The number of rotatable bonds is 7. The molecule has 0 bridgehead atoms. The van der Waals surface area contributed by atoms with Crippen LogP contribution in [-0.2, 0) is 11.2 Å². The van der Waals surface area contributed by atoms with Gasteiger partial charge in [-0.1, -0.05) is 19.1 Å². The number of aromatic nitrogens is 2. The number of carbonyl (C=O) groups is 1. The van der Waals surface area contributed by atoms with E-state index in [1.807, 2.05) is 24.1 Å². The van der Waals surface area contributed by atoms with Crippen LogP contribution in [0.3, 0.4) is 0 Å². The third kappa shape index (κ3) is 4.87. The molecule has 2 saturated heterocycles. The van der Waals surface area contributed by atoms with Crippen molar-refractivity contribution in [3.05, 3.63) is 53.1 Å². The lowest BCUT2D eigenvalue weighted by Gasteiger charge is -2.36. The van der Waals surface area contributed by atoms with Gasteiger partial charge in [-0.25, -0.2) is 14.8 Å². The van der Waals surface area contributed by atoms with Crippen molar-refractivity contribution in [1.82, 2.24) is 30.6 Å². The van der Waals surface area contributed by atoms with E-state index >= 15 is 4.39 Å². The molecule has 6 rings (SSSR count). The van der Waals surface area contributed by atoms with E-state index < -0.39 is 6.17 Å². The summed E-state index contributed by atoms with van der Waals surface area (Å²) in [6.45, 7) is 6.53. The van der Waals surface area contributed by atoms with Crippen molar-refractivity contribution in [3.63, 3.8) is 0 Å². The minimum atomic E-state index is -1.02. The number of nitrogens with zero attached hydrogens (tertiary/aromatic N) is 3. The summed E-state index contributed by atoms with van der Waals surface area (Å²) in [6.07, 6.45) is 8.24. The number of hydrogen-bond acceptors (Lipinski definition) is 6. The van der Waals surface area contributed by atoms with Crippen LogP contribution in [0.25, 0.3) is 5.57 Å². The summed E-state index contributed by atoms with van der Waals surface area (Å²) in [5, 5.41) is 9.88. The highest BCUT2D eigenvalue weighted by Gasteiger charge is 2.48. The predicted octanol–water partition coefficient (Wildman–Crippen LogP) is 3.44. The number of imidazole rings is 1. The maximum absolute atomic E-state index is 15.9. The van der Waals surface area contributed by atoms with E-state index in [2.05, 4.69) is 26.8 Å². The SMILES string of the molecule is CCc1cc(O)ccc1C1CCC2C(c3ncc(C4=CCN(CCN5CCCC5=O)CC4)[nH]3)NNC2C1F. The van der Waals surface area contributed by atoms with Crippen LogP contribution in [-0.4, -0.2) is 75.7 Å². The molecule has 1 saturated carbocycles. The molecule has 5 unspecified atom stereocenters. The Morgan fingerprint density at radius 3 is 2.82 bits per heavy atom. The van der Waals surface area contributed by atoms with E-state index in [0.29, 0.717) is 12.3 Å². The molecule has 1 aliphatic carbocycles. The number of halogens is 1. The van der Waals surface area contributed by atoms with Crippen LogP contribution in [0, 0.1) is 5.92 Å². The number of phenolic OH excluding ortho intramolecular Hbond substituents is 1. The number of aromatic hydroxyl groups is 1. The summed E-state index contributed by atoms with van der Waals surface area (Å²) < 4.78 is 15.9. The van der Waals surface area contributed by atoms with Gasteiger partial charge in [-0.15, -0.1) is 0 Å². The highest BCUT2D eigenvalue weighted by atomic mass is 19.1. The van der Waals surface area contributed by atoms with E-state index in [9.17, 15) is 9.90 Å². The summed E-state index contributed by atoms with van der Waals surface area (Å²) in [5.74, 6) is 1.33. The summed E-state index contributed by atoms with van der Waals surface area (Å²) in [7, 11) is 0. The quantitative estimate of drug-likeness (QED) is 0.445. The Morgan fingerprint density at radius 1 is 1.16 bits per heavy atom. The van der Waals surface area contributed by atoms with Gasteiger partial charge in [-0.3, -0.25) is 15.1 Å². The number of amides is 1. The number of hydrazine groups is 1. The van der Waals surface area contributed by atoms with Crippen molar-refractivity contribution in [2.24, 2.45) is 5.92 Å². The van der Waals surface area contributed by atoms with Crippen LogP contribution < -0.4 is 10.9 Å². The van der Waals surface area contributed by atoms with Crippen molar-refractivity contribution in [2.75, 3.05) is 32.7 Å². The Balaban J connectivity index is 1.08. The third-order valence-electron chi connectivity index (χ3n) is 9.13. The number of nitrogens with one attached hydrogen (secondary N) is 3. The lowest BCUT2D eigenvalue weighted by atomic mass is 9.71. The molecule has 2 aromatic rings. The molecule has 4 heterocycles. The summed E-state index contributed by atoms with van der Waals surface area (Å²) in [6, 6.07) is 5.01. The number of fused-ring (bicyclic) bond motifs is 1. The number of likely N-dealkylation sites (tertiary alicyclic amines) is 1. The molecule has 3 aliphatic heterocycles. The molecule has 8 nitrogen and oxygen atoms in total. The average Bonchev–Trinajstić information content (AvgIpc) is 3.68. The Labute approximate surface area is 223 Å². The number of alkyl halides is 1. The van der Waals surface area contributed by atoms with Crippen molar-refractivity contribution < 1.29 is 14.3 Å². The fraction of sp³-hybridized carbons (Fsp3) is 0.586. The first-order chi connectivity index (χ1) is 18.5. The first kappa shape index (κ1) is 25.5. The molecule has 0 radical (unpaired) electrons. The maximum Gasteiger partial charge on any atom is 0.222 e. The smallest absolute Gasteiger partial charge is 0.222 e. The van der Waals surface area contributed by atoms with Gasteiger partial charge in [0, 0.05) is 51.0 Å². The molecule has 5 atom stereocenters. The Hall–Kier alpha value is -2.75. The van der Waals surface area contributed by atoms with E-state index in [1.165, 1.54) is 5.57 Å². The van der Waals surface area contributed by atoms with Gasteiger partial charge in [0.15, 0.2) is 0 Å². The number of phenols is 1. The highest BCUT2D eigenvalue weighted by Crippen LogP contribution is 2.45. The standard InChI is InChI=1S/C29H39FN6O2/c1-2-18-16-20(37)5-6-21(18)22-7-8-23-27(26(22)30)33-34-28(23)29-31-17-24(32-29)19-9-12-35(13-10-19)14-15-36-11-3-4-25(36)38/h5-6,9,16-17,22-23,26-28,33-34,37H,2-4,7-8,10-15H2,1H3,(H,31,32). The molecule has 1 amide bonds. The Morgan fingerprint density at radius 2 is 2.05 bits per heavy atom. The van der Waals surface area contributed by atoms with Gasteiger partial charge in [0.1, 0.15) is 17.7 Å². The van der Waals surface area contributed by atoms with E-state index in [4.69, 9.17) is 4.98 Å². The first-order valence-electron chi connectivity index (χ1n) is 14.2. The van der Waals surface area contributed by atoms with Gasteiger partial charge in [0.2, 0.25) is 5.91 Å².